The molecule has 2 fully saturated rings. The van der Waals surface area contributed by atoms with Gasteiger partial charge in [0, 0.05) is 36.2 Å². The zero-order valence-corrected chi connectivity index (χ0v) is 15.9. The van der Waals surface area contributed by atoms with Crippen LogP contribution in [0.3, 0.4) is 0 Å². The molecule has 1 saturated heterocycles. The lowest BCUT2D eigenvalue weighted by Crippen LogP contribution is -2.58. The number of carbonyl (C=O) groups excluding carboxylic acids is 2. The highest BCUT2D eigenvalue weighted by atomic mass is 19.1. The van der Waals surface area contributed by atoms with Crippen molar-refractivity contribution in [3.8, 4) is 0 Å². The lowest BCUT2D eigenvalue weighted by Gasteiger charge is -2.53. The molecule has 1 heterocycles. The first kappa shape index (κ1) is 18.7. The number of nitrogens with zero attached hydrogens (tertiary/aromatic N) is 1. The van der Waals surface area contributed by atoms with Crippen molar-refractivity contribution in [1.82, 2.24) is 4.90 Å². The van der Waals surface area contributed by atoms with Gasteiger partial charge in [-0.05, 0) is 55.4 Å². The summed E-state index contributed by atoms with van der Waals surface area (Å²) in [6.07, 6.45) is 6.28. The molecule has 1 saturated carbocycles. The summed E-state index contributed by atoms with van der Waals surface area (Å²) in [5, 5.41) is 0. The van der Waals surface area contributed by atoms with Gasteiger partial charge in [-0.25, -0.2) is 4.39 Å². The van der Waals surface area contributed by atoms with E-state index < -0.39 is 5.82 Å². The van der Waals surface area contributed by atoms with Crippen LogP contribution in [0.2, 0.25) is 0 Å². The Morgan fingerprint density at radius 3 is 2.43 bits per heavy atom. The average Bonchev–Trinajstić information content (AvgIpc) is 2.65. The molecule has 1 spiro atoms. The molecule has 1 amide bonds. The van der Waals surface area contributed by atoms with Gasteiger partial charge in [0.15, 0.2) is 5.78 Å². The maximum Gasteiger partial charge on any atom is 0.223 e. The Kier molecular flexibility index (Phi) is 4.92. The number of Topliss-reactive ketones (excluding diaryl/α,β-unsaturated/α-hetero) is 1. The van der Waals surface area contributed by atoms with E-state index in [4.69, 9.17) is 5.73 Å². The SMILES string of the molecule is Nc1cc(F)ccc1CC(=O)c1ccc(CN2C(=O)CCCC23CCC3)cc1. The van der Waals surface area contributed by atoms with E-state index in [1.807, 2.05) is 12.1 Å². The topological polar surface area (TPSA) is 63.4 Å². The minimum atomic E-state index is -0.408. The summed E-state index contributed by atoms with van der Waals surface area (Å²) in [4.78, 5) is 27.1. The monoisotopic (exact) mass is 380 g/mol. The molecule has 2 N–H and O–H groups in total. The normalized spacial score (nSPS) is 18.2. The van der Waals surface area contributed by atoms with Crippen LogP contribution in [-0.2, 0) is 17.8 Å². The molecule has 0 bridgehead atoms. The number of nitrogens with two attached hydrogens (primary N) is 1. The summed E-state index contributed by atoms with van der Waals surface area (Å²) in [6, 6.07) is 11.6. The predicted octanol–water partition coefficient (Wildman–Crippen LogP) is 4.27. The van der Waals surface area contributed by atoms with Gasteiger partial charge in [-0.2, -0.15) is 0 Å². The summed E-state index contributed by atoms with van der Waals surface area (Å²) in [7, 11) is 0. The summed E-state index contributed by atoms with van der Waals surface area (Å²) < 4.78 is 13.2. The molecular formula is C23H25FN2O2. The number of amides is 1. The molecule has 0 atom stereocenters. The Hall–Kier alpha value is -2.69. The Morgan fingerprint density at radius 1 is 1.07 bits per heavy atom. The Balaban J connectivity index is 1.44. The zero-order valence-electron chi connectivity index (χ0n) is 15.9. The molecule has 4 nitrogen and oxygen atoms in total. The van der Waals surface area contributed by atoms with Crippen LogP contribution < -0.4 is 5.73 Å². The van der Waals surface area contributed by atoms with Crippen molar-refractivity contribution >= 4 is 17.4 Å². The fourth-order valence-electron chi connectivity index (χ4n) is 4.44. The molecule has 0 aromatic heterocycles. The largest absolute Gasteiger partial charge is 0.398 e. The van der Waals surface area contributed by atoms with E-state index in [0.717, 1.165) is 31.2 Å². The number of likely N-dealkylation sites (tertiary alicyclic amines) is 1. The van der Waals surface area contributed by atoms with Crippen LogP contribution in [-0.4, -0.2) is 22.1 Å². The number of halogens is 1. The first-order valence-electron chi connectivity index (χ1n) is 9.93. The second-order valence-corrected chi connectivity index (χ2v) is 8.05. The number of rotatable bonds is 5. The minimum Gasteiger partial charge on any atom is -0.398 e. The maximum absolute atomic E-state index is 13.2. The third kappa shape index (κ3) is 3.53. The molecule has 4 rings (SSSR count). The summed E-state index contributed by atoms with van der Waals surface area (Å²) in [5.41, 5.74) is 8.43. The fourth-order valence-corrected chi connectivity index (χ4v) is 4.44. The van der Waals surface area contributed by atoms with E-state index in [-0.39, 0.29) is 23.7 Å². The number of hydrogen-bond acceptors (Lipinski definition) is 3. The summed E-state index contributed by atoms with van der Waals surface area (Å²) in [6.45, 7) is 0.609. The number of carbonyl (C=O) groups is 2. The molecule has 2 aromatic rings. The Morgan fingerprint density at radius 2 is 1.79 bits per heavy atom. The molecule has 5 heteroatoms. The van der Waals surface area contributed by atoms with Gasteiger partial charge in [-0.3, -0.25) is 9.59 Å². The van der Waals surface area contributed by atoms with Gasteiger partial charge in [0.05, 0.1) is 0 Å². The first-order chi connectivity index (χ1) is 13.5. The smallest absolute Gasteiger partial charge is 0.223 e. The van der Waals surface area contributed by atoms with E-state index >= 15 is 0 Å². The predicted molar refractivity (Wildman–Crippen MR) is 106 cm³/mol. The second-order valence-electron chi connectivity index (χ2n) is 8.05. The average molecular weight is 380 g/mol. The number of benzene rings is 2. The summed E-state index contributed by atoms with van der Waals surface area (Å²) in [5.74, 6) is -0.221. The highest BCUT2D eigenvalue weighted by Crippen LogP contribution is 2.45. The van der Waals surface area contributed by atoms with Crippen molar-refractivity contribution in [1.29, 1.82) is 0 Å². The molecule has 0 unspecified atom stereocenters. The van der Waals surface area contributed by atoms with Crippen LogP contribution in [0.25, 0.3) is 0 Å². The van der Waals surface area contributed by atoms with E-state index in [2.05, 4.69) is 4.90 Å². The lowest BCUT2D eigenvalue weighted by atomic mass is 9.70. The van der Waals surface area contributed by atoms with E-state index in [1.54, 1.807) is 18.2 Å². The van der Waals surface area contributed by atoms with Crippen molar-refractivity contribution in [2.45, 2.75) is 57.0 Å². The first-order valence-corrected chi connectivity index (χ1v) is 9.93. The molecule has 1 aliphatic carbocycles. The number of hydrogen-bond donors (Lipinski definition) is 1. The van der Waals surface area contributed by atoms with Crippen LogP contribution in [0.15, 0.2) is 42.5 Å². The van der Waals surface area contributed by atoms with Crippen molar-refractivity contribution < 1.29 is 14.0 Å². The quantitative estimate of drug-likeness (QED) is 0.622. The molecule has 28 heavy (non-hydrogen) atoms. The van der Waals surface area contributed by atoms with E-state index in [9.17, 15) is 14.0 Å². The van der Waals surface area contributed by atoms with Gasteiger partial charge in [0.2, 0.25) is 5.91 Å². The third-order valence-electron chi connectivity index (χ3n) is 6.27. The Bertz CT molecular complexity index is 903. The van der Waals surface area contributed by atoms with Crippen LogP contribution in [0.1, 0.15) is 60.0 Å². The number of anilines is 1. The van der Waals surface area contributed by atoms with Gasteiger partial charge < -0.3 is 10.6 Å². The van der Waals surface area contributed by atoms with Crippen molar-refractivity contribution in [2.75, 3.05) is 5.73 Å². The van der Waals surface area contributed by atoms with Crippen LogP contribution in [0, 0.1) is 5.82 Å². The maximum atomic E-state index is 13.2. The molecule has 2 aliphatic rings. The number of nitrogen functional groups attached to an aromatic ring is 1. The third-order valence-corrected chi connectivity index (χ3v) is 6.27. The molecule has 146 valence electrons. The number of piperidine rings is 1. The van der Waals surface area contributed by atoms with Crippen LogP contribution >= 0.6 is 0 Å². The fraction of sp³-hybridized carbons (Fsp3) is 0.391. The summed E-state index contributed by atoms with van der Waals surface area (Å²) >= 11 is 0. The molecular weight excluding hydrogens is 355 g/mol. The van der Waals surface area contributed by atoms with Gasteiger partial charge in [-0.1, -0.05) is 30.3 Å². The zero-order chi connectivity index (χ0) is 19.7. The van der Waals surface area contributed by atoms with Gasteiger partial charge in [0.1, 0.15) is 5.82 Å². The highest BCUT2D eigenvalue weighted by Gasteiger charge is 2.46. The van der Waals surface area contributed by atoms with Gasteiger partial charge in [-0.15, -0.1) is 0 Å². The highest BCUT2D eigenvalue weighted by molar-refractivity contribution is 5.98. The van der Waals surface area contributed by atoms with Crippen LogP contribution in [0.4, 0.5) is 10.1 Å². The van der Waals surface area contributed by atoms with Crippen molar-refractivity contribution in [2.24, 2.45) is 0 Å². The Labute approximate surface area is 164 Å². The van der Waals surface area contributed by atoms with Crippen molar-refractivity contribution in [3.63, 3.8) is 0 Å². The van der Waals surface area contributed by atoms with Crippen molar-refractivity contribution in [3.05, 3.63) is 65.0 Å². The standard InChI is InChI=1S/C23H25FN2O2/c24-19-9-8-18(20(25)14-19)13-21(27)17-6-4-16(5-7-17)15-26-22(28)3-1-10-23(26)11-2-12-23/h4-9,14H,1-3,10-13,15,25H2. The van der Waals surface area contributed by atoms with Gasteiger partial charge >= 0.3 is 0 Å². The van der Waals surface area contributed by atoms with Gasteiger partial charge in [0.25, 0.3) is 0 Å². The second kappa shape index (κ2) is 7.38. The lowest BCUT2D eigenvalue weighted by molar-refractivity contribution is -0.148. The molecule has 2 aromatic carbocycles. The minimum absolute atomic E-state index is 0.0608. The van der Waals surface area contributed by atoms with Crippen LogP contribution in [0.5, 0.6) is 0 Å². The van der Waals surface area contributed by atoms with E-state index in [0.29, 0.717) is 29.8 Å². The molecule has 0 radical (unpaired) electrons. The van der Waals surface area contributed by atoms with E-state index in [1.165, 1.54) is 18.6 Å². The number of ketones is 1. The molecule has 1 aliphatic heterocycles.